The molecular formula is C13H12BrFO2S. The summed E-state index contributed by atoms with van der Waals surface area (Å²) in [6.07, 6.45) is -0.246. The molecule has 2 nitrogen and oxygen atoms in total. The van der Waals surface area contributed by atoms with Gasteiger partial charge in [-0.1, -0.05) is 6.07 Å². The molecule has 0 aliphatic rings. The fraction of sp³-hybridized carbons (Fsp3) is 0.231. The first-order valence-corrected chi connectivity index (χ1v) is 7.02. The first kappa shape index (κ1) is 13.5. The van der Waals surface area contributed by atoms with Gasteiger partial charge in [-0.25, -0.2) is 4.39 Å². The standard InChI is InChI=1S/C13H12BrFO2S/c1-17-12-3-2-8(4-10(12)15)5-11(16)9-6-13(14)18-7-9/h2-4,6-7,11,16H,5H2,1H3. The van der Waals surface area contributed by atoms with Crippen molar-refractivity contribution in [3.05, 3.63) is 50.4 Å². The van der Waals surface area contributed by atoms with Gasteiger partial charge in [0, 0.05) is 6.42 Å². The molecular weight excluding hydrogens is 319 g/mol. The van der Waals surface area contributed by atoms with Crippen LogP contribution in [0.1, 0.15) is 17.2 Å². The third kappa shape index (κ3) is 3.10. The van der Waals surface area contributed by atoms with Crippen molar-refractivity contribution in [2.45, 2.75) is 12.5 Å². The molecule has 0 aliphatic carbocycles. The summed E-state index contributed by atoms with van der Waals surface area (Å²) in [6, 6.07) is 6.59. The van der Waals surface area contributed by atoms with Crippen LogP contribution in [0, 0.1) is 5.82 Å². The topological polar surface area (TPSA) is 29.5 Å². The quantitative estimate of drug-likeness (QED) is 0.920. The lowest BCUT2D eigenvalue weighted by Crippen LogP contribution is -2.01. The lowest BCUT2D eigenvalue weighted by Gasteiger charge is -2.10. The molecule has 2 rings (SSSR count). The van der Waals surface area contributed by atoms with E-state index in [9.17, 15) is 9.50 Å². The van der Waals surface area contributed by atoms with Gasteiger partial charge in [0.15, 0.2) is 11.6 Å². The van der Waals surface area contributed by atoms with Gasteiger partial charge >= 0.3 is 0 Å². The maximum Gasteiger partial charge on any atom is 0.165 e. The highest BCUT2D eigenvalue weighted by atomic mass is 79.9. The fourth-order valence-corrected chi connectivity index (χ4v) is 2.90. The van der Waals surface area contributed by atoms with Crippen LogP contribution in [0.15, 0.2) is 33.4 Å². The number of rotatable bonds is 4. The van der Waals surface area contributed by atoms with E-state index in [0.717, 1.165) is 14.9 Å². The van der Waals surface area contributed by atoms with Gasteiger partial charge in [-0.15, -0.1) is 11.3 Å². The van der Waals surface area contributed by atoms with Gasteiger partial charge in [-0.2, -0.15) is 0 Å². The SMILES string of the molecule is COc1ccc(CC(O)c2csc(Br)c2)cc1F. The molecule has 1 aromatic heterocycles. The summed E-state index contributed by atoms with van der Waals surface area (Å²) >= 11 is 4.86. The van der Waals surface area contributed by atoms with E-state index in [1.807, 2.05) is 11.4 Å². The average Bonchev–Trinajstić information content (AvgIpc) is 2.76. The van der Waals surface area contributed by atoms with Gasteiger partial charge in [0.05, 0.1) is 17.0 Å². The number of ether oxygens (including phenoxy) is 1. The minimum absolute atomic E-state index is 0.214. The lowest BCUT2D eigenvalue weighted by atomic mass is 10.0. The van der Waals surface area contributed by atoms with Crippen LogP contribution >= 0.6 is 27.3 Å². The molecule has 96 valence electrons. The van der Waals surface area contributed by atoms with Gasteiger partial charge in [-0.05, 0) is 50.6 Å². The molecule has 0 radical (unpaired) electrons. The molecule has 2 aromatic rings. The molecule has 1 heterocycles. The van der Waals surface area contributed by atoms with Crippen molar-refractivity contribution in [3.63, 3.8) is 0 Å². The van der Waals surface area contributed by atoms with Gasteiger partial charge in [0.1, 0.15) is 0 Å². The molecule has 0 aliphatic heterocycles. The second-order valence-electron chi connectivity index (χ2n) is 3.87. The van der Waals surface area contributed by atoms with Crippen LogP contribution in [0.3, 0.4) is 0 Å². The van der Waals surface area contributed by atoms with Crippen LogP contribution in [0.4, 0.5) is 4.39 Å². The summed E-state index contributed by atoms with van der Waals surface area (Å²) in [5.74, 6) is -0.194. The van der Waals surface area contributed by atoms with Crippen molar-refractivity contribution >= 4 is 27.3 Å². The summed E-state index contributed by atoms with van der Waals surface area (Å²) in [6.45, 7) is 0. The Bertz CT molecular complexity index is 542. The molecule has 0 bridgehead atoms. The zero-order valence-corrected chi connectivity index (χ0v) is 12.1. The minimum atomic E-state index is -0.625. The molecule has 0 fully saturated rings. The predicted octanol–water partition coefficient (Wildman–Crippen LogP) is 3.93. The number of halogens is 2. The lowest BCUT2D eigenvalue weighted by molar-refractivity contribution is 0.179. The van der Waals surface area contributed by atoms with Crippen molar-refractivity contribution in [2.24, 2.45) is 0 Å². The maximum atomic E-state index is 13.5. The second-order valence-corrected chi connectivity index (χ2v) is 6.16. The van der Waals surface area contributed by atoms with Gasteiger partial charge in [0.2, 0.25) is 0 Å². The van der Waals surface area contributed by atoms with E-state index in [1.54, 1.807) is 12.1 Å². The van der Waals surface area contributed by atoms with E-state index in [-0.39, 0.29) is 5.75 Å². The Kier molecular flexibility index (Phi) is 4.37. The molecule has 0 saturated carbocycles. The largest absolute Gasteiger partial charge is 0.494 e. The van der Waals surface area contributed by atoms with E-state index in [4.69, 9.17) is 4.74 Å². The van der Waals surface area contributed by atoms with Crippen LogP contribution in [0.5, 0.6) is 5.75 Å². The van der Waals surface area contributed by atoms with Crippen LogP contribution in [-0.4, -0.2) is 12.2 Å². The highest BCUT2D eigenvalue weighted by Gasteiger charge is 2.12. The van der Waals surface area contributed by atoms with Crippen molar-refractivity contribution in [2.75, 3.05) is 7.11 Å². The van der Waals surface area contributed by atoms with Crippen molar-refractivity contribution < 1.29 is 14.2 Å². The summed E-state index contributed by atoms with van der Waals surface area (Å²) in [5.41, 5.74) is 1.58. The van der Waals surface area contributed by atoms with Crippen LogP contribution in [-0.2, 0) is 6.42 Å². The van der Waals surface area contributed by atoms with E-state index < -0.39 is 11.9 Å². The van der Waals surface area contributed by atoms with Crippen LogP contribution in [0.25, 0.3) is 0 Å². The minimum Gasteiger partial charge on any atom is -0.494 e. The Morgan fingerprint density at radius 2 is 2.22 bits per heavy atom. The Morgan fingerprint density at radius 3 is 2.78 bits per heavy atom. The highest BCUT2D eigenvalue weighted by molar-refractivity contribution is 9.11. The number of aliphatic hydroxyl groups excluding tert-OH is 1. The van der Waals surface area contributed by atoms with Crippen molar-refractivity contribution in [1.29, 1.82) is 0 Å². The Hall–Kier alpha value is -0.910. The number of hydrogen-bond donors (Lipinski definition) is 1. The molecule has 0 amide bonds. The number of aliphatic hydroxyl groups is 1. The van der Waals surface area contributed by atoms with Crippen molar-refractivity contribution in [1.82, 2.24) is 0 Å². The molecule has 1 N–H and O–H groups in total. The Morgan fingerprint density at radius 1 is 1.44 bits per heavy atom. The third-order valence-electron chi connectivity index (χ3n) is 2.62. The maximum absolute atomic E-state index is 13.5. The molecule has 5 heteroatoms. The Labute approximate surface area is 117 Å². The highest BCUT2D eigenvalue weighted by Crippen LogP contribution is 2.28. The molecule has 0 spiro atoms. The molecule has 18 heavy (non-hydrogen) atoms. The molecule has 1 atom stereocenters. The summed E-state index contributed by atoms with van der Waals surface area (Å²) in [5, 5.41) is 11.9. The molecule has 1 aromatic carbocycles. The number of benzene rings is 1. The zero-order valence-electron chi connectivity index (χ0n) is 9.69. The Balaban J connectivity index is 2.12. The van der Waals surface area contributed by atoms with Gasteiger partial charge in [-0.3, -0.25) is 0 Å². The smallest absolute Gasteiger partial charge is 0.165 e. The predicted molar refractivity (Wildman–Crippen MR) is 73.6 cm³/mol. The first-order chi connectivity index (χ1) is 8.60. The fourth-order valence-electron chi connectivity index (χ4n) is 1.68. The summed E-state index contributed by atoms with van der Waals surface area (Å²) in [7, 11) is 1.43. The van der Waals surface area contributed by atoms with Gasteiger partial charge in [0.25, 0.3) is 0 Å². The van der Waals surface area contributed by atoms with Crippen LogP contribution < -0.4 is 4.74 Å². The van der Waals surface area contributed by atoms with E-state index in [2.05, 4.69) is 15.9 Å². The summed E-state index contributed by atoms with van der Waals surface area (Å²) in [4.78, 5) is 0. The normalized spacial score (nSPS) is 12.4. The summed E-state index contributed by atoms with van der Waals surface area (Å²) < 4.78 is 19.3. The number of thiophene rings is 1. The number of hydrogen-bond acceptors (Lipinski definition) is 3. The average molecular weight is 331 g/mol. The van der Waals surface area contributed by atoms with Crippen molar-refractivity contribution in [3.8, 4) is 5.75 Å². The van der Waals surface area contributed by atoms with E-state index >= 15 is 0 Å². The first-order valence-electron chi connectivity index (χ1n) is 5.34. The monoisotopic (exact) mass is 330 g/mol. The zero-order chi connectivity index (χ0) is 13.1. The molecule has 1 unspecified atom stereocenters. The third-order valence-corrected chi connectivity index (χ3v) is 4.14. The van der Waals surface area contributed by atoms with E-state index in [1.165, 1.54) is 24.5 Å². The van der Waals surface area contributed by atoms with E-state index in [0.29, 0.717) is 6.42 Å². The second kappa shape index (κ2) is 5.82. The number of methoxy groups -OCH3 is 1. The van der Waals surface area contributed by atoms with Crippen LogP contribution in [0.2, 0.25) is 0 Å². The van der Waals surface area contributed by atoms with Gasteiger partial charge < -0.3 is 9.84 Å². The molecule has 0 saturated heterocycles.